The summed E-state index contributed by atoms with van der Waals surface area (Å²) in [7, 11) is 1.39. The van der Waals surface area contributed by atoms with Crippen molar-refractivity contribution in [3.8, 4) is 0 Å². The highest BCUT2D eigenvalue weighted by Gasteiger charge is 2.37. The molecular weight excluding hydrogens is 156 g/mol. The van der Waals surface area contributed by atoms with Crippen molar-refractivity contribution < 1.29 is 14.3 Å². The van der Waals surface area contributed by atoms with E-state index in [9.17, 15) is 4.79 Å². The summed E-state index contributed by atoms with van der Waals surface area (Å²) in [5, 5.41) is 0. The Morgan fingerprint density at radius 3 is 2.67 bits per heavy atom. The van der Waals surface area contributed by atoms with E-state index in [0.29, 0.717) is 5.57 Å². The normalized spacial score (nSPS) is 31.5. The van der Waals surface area contributed by atoms with Crippen molar-refractivity contribution in [2.24, 2.45) is 0 Å². The molecule has 3 nitrogen and oxygen atoms in total. The van der Waals surface area contributed by atoms with Gasteiger partial charge in [0.05, 0.1) is 18.8 Å². The molecule has 2 atom stereocenters. The summed E-state index contributed by atoms with van der Waals surface area (Å²) in [6.07, 6.45) is 3.70. The van der Waals surface area contributed by atoms with Gasteiger partial charge in [0.15, 0.2) is 0 Å². The molecule has 3 heteroatoms. The molecule has 2 aliphatic heterocycles. The molecule has 0 aromatic rings. The van der Waals surface area contributed by atoms with Gasteiger partial charge in [-0.3, -0.25) is 0 Å². The number of rotatable bonds is 1. The maximum Gasteiger partial charge on any atom is 0.336 e. The molecule has 0 spiro atoms. The van der Waals surface area contributed by atoms with Gasteiger partial charge in [-0.15, -0.1) is 0 Å². The lowest BCUT2D eigenvalue weighted by atomic mass is 9.99. The SMILES string of the molecule is COC(=O)C1=C(C)C2C=CC1O2. The van der Waals surface area contributed by atoms with E-state index in [4.69, 9.17) is 4.74 Å². The van der Waals surface area contributed by atoms with Crippen LogP contribution in [-0.4, -0.2) is 25.3 Å². The van der Waals surface area contributed by atoms with Gasteiger partial charge in [0.25, 0.3) is 0 Å². The Labute approximate surface area is 70.7 Å². The average molecular weight is 166 g/mol. The third-order valence-electron chi connectivity index (χ3n) is 2.30. The van der Waals surface area contributed by atoms with Crippen LogP contribution in [0.5, 0.6) is 0 Å². The molecule has 2 unspecified atom stereocenters. The average Bonchev–Trinajstić information content (AvgIpc) is 2.63. The molecule has 0 N–H and O–H groups in total. The molecule has 2 rings (SSSR count). The van der Waals surface area contributed by atoms with Gasteiger partial charge in [-0.2, -0.15) is 0 Å². The highest BCUT2D eigenvalue weighted by Crippen LogP contribution is 2.34. The molecule has 0 radical (unpaired) electrons. The topological polar surface area (TPSA) is 35.5 Å². The minimum atomic E-state index is -0.274. The van der Waals surface area contributed by atoms with E-state index in [0.717, 1.165) is 5.57 Å². The lowest BCUT2D eigenvalue weighted by molar-refractivity contribution is -0.136. The van der Waals surface area contributed by atoms with Crippen LogP contribution in [0.3, 0.4) is 0 Å². The lowest BCUT2D eigenvalue weighted by Crippen LogP contribution is -2.15. The Balaban J connectivity index is 2.32. The van der Waals surface area contributed by atoms with Crippen molar-refractivity contribution in [3.05, 3.63) is 23.3 Å². The van der Waals surface area contributed by atoms with Gasteiger partial charge in [-0.1, -0.05) is 12.2 Å². The predicted octanol–water partition coefficient (Wildman–Crippen LogP) is 0.813. The maximum absolute atomic E-state index is 11.2. The number of hydrogen-bond acceptors (Lipinski definition) is 3. The molecule has 0 fully saturated rings. The zero-order valence-corrected chi connectivity index (χ0v) is 7.03. The van der Waals surface area contributed by atoms with Crippen molar-refractivity contribution in [3.63, 3.8) is 0 Å². The zero-order chi connectivity index (χ0) is 8.72. The number of hydrogen-bond donors (Lipinski definition) is 0. The number of methoxy groups -OCH3 is 1. The molecule has 2 aliphatic rings. The second-order valence-corrected chi connectivity index (χ2v) is 2.95. The quantitative estimate of drug-likeness (QED) is 0.427. The van der Waals surface area contributed by atoms with E-state index in [1.807, 2.05) is 19.1 Å². The Morgan fingerprint density at radius 2 is 2.17 bits per heavy atom. The number of carbonyl (C=O) groups is 1. The first kappa shape index (κ1) is 7.55. The summed E-state index contributed by atoms with van der Waals surface area (Å²) in [5.74, 6) is -0.274. The molecule has 0 aromatic heterocycles. The first-order chi connectivity index (χ1) is 5.74. The predicted molar refractivity (Wildman–Crippen MR) is 42.5 cm³/mol. The highest BCUT2D eigenvalue weighted by atomic mass is 16.5. The van der Waals surface area contributed by atoms with Gasteiger partial charge in [0.1, 0.15) is 6.10 Å². The van der Waals surface area contributed by atoms with Gasteiger partial charge in [0.2, 0.25) is 0 Å². The molecule has 12 heavy (non-hydrogen) atoms. The summed E-state index contributed by atoms with van der Waals surface area (Å²) in [6, 6.07) is 0. The van der Waals surface area contributed by atoms with Gasteiger partial charge in [-0.25, -0.2) is 4.79 Å². The minimum absolute atomic E-state index is 0.00380. The first-order valence-corrected chi connectivity index (χ1v) is 3.87. The molecule has 0 saturated heterocycles. The van der Waals surface area contributed by atoms with Crippen molar-refractivity contribution >= 4 is 5.97 Å². The number of fused-ring (bicyclic) bond motifs is 2. The summed E-state index contributed by atoms with van der Waals surface area (Å²) >= 11 is 0. The van der Waals surface area contributed by atoms with Crippen molar-refractivity contribution in [1.82, 2.24) is 0 Å². The molecule has 0 amide bonds. The standard InChI is InChI=1S/C9H10O3/c1-5-6-3-4-7(12-6)8(5)9(10)11-2/h3-4,6-7H,1-2H3. The Bertz CT molecular complexity index is 288. The fourth-order valence-electron chi connectivity index (χ4n) is 1.63. The van der Waals surface area contributed by atoms with E-state index >= 15 is 0 Å². The van der Waals surface area contributed by atoms with Crippen molar-refractivity contribution in [1.29, 1.82) is 0 Å². The van der Waals surface area contributed by atoms with Gasteiger partial charge in [0, 0.05) is 0 Å². The van der Waals surface area contributed by atoms with Crippen LogP contribution < -0.4 is 0 Å². The van der Waals surface area contributed by atoms with Crippen LogP contribution in [0.4, 0.5) is 0 Å². The smallest absolute Gasteiger partial charge is 0.336 e. The molecule has 2 heterocycles. The van der Waals surface area contributed by atoms with Gasteiger partial charge >= 0.3 is 5.97 Å². The fourth-order valence-corrected chi connectivity index (χ4v) is 1.63. The Morgan fingerprint density at radius 1 is 1.50 bits per heavy atom. The Hall–Kier alpha value is -1.09. The van der Waals surface area contributed by atoms with Gasteiger partial charge in [-0.05, 0) is 12.5 Å². The lowest BCUT2D eigenvalue weighted by Gasteiger charge is -2.06. The second-order valence-electron chi connectivity index (χ2n) is 2.95. The van der Waals surface area contributed by atoms with Crippen LogP contribution in [-0.2, 0) is 14.3 Å². The number of carbonyl (C=O) groups excluding carboxylic acids is 1. The van der Waals surface area contributed by atoms with Crippen LogP contribution in [0.25, 0.3) is 0 Å². The van der Waals surface area contributed by atoms with E-state index in [1.54, 1.807) is 0 Å². The molecule has 0 aliphatic carbocycles. The third-order valence-corrected chi connectivity index (χ3v) is 2.30. The van der Waals surface area contributed by atoms with Crippen LogP contribution >= 0.6 is 0 Å². The summed E-state index contributed by atoms with van der Waals surface area (Å²) in [4.78, 5) is 11.2. The van der Waals surface area contributed by atoms with Crippen LogP contribution in [0.2, 0.25) is 0 Å². The maximum atomic E-state index is 11.2. The van der Waals surface area contributed by atoms with Gasteiger partial charge < -0.3 is 9.47 Å². The molecular formula is C9H10O3. The van der Waals surface area contributed by atoms with Crippen LogP contribution in [0.15, 0.2) is 23.3 Å². The van der Waals surface area contributed by atoms with Crippen LogP contribution in [0.1, 0.15) is 6.92 Å². The number of ether oxygens (including phenoxy) is 2. The molecule has 0 saturated carbocycles. The van der Waals surface area contributed by atoms with E-state index < -0.39 is 0 Å². The first-order valence-electron chi connectivity index (χ1n) is 3.87. The number of esters is 1. The van der Waals surface area contributed by atoms with Crippen molar-refractivity contribution in [2.75, 3.05) is 7.11 Å². The summed E-state index contributed by atoms with van der Waals surface area (Å²) in [6.45, 7) is 1.90. The summed E-state index contributed by atoms with van der Waals surface area (Å²) in [5.41, 5.74) is 1.65. The van der Waals surface area contributed by atoms with Crippen molar-refractivity contribution in [2.45, 2.75) is 19.1 Å². The fraction of sp³-hybridized carbons (Fsp3) is 0.444. The molecule has 2 bridgehead atoms. The Kier molecular flexibility index (Phi) is 1.54. The minimum Gasteiger partial charge on any atom is -0.466 e. The monoisotopic (exact) mass is 166 g/mol. The second kappa shape index (κ2) is 2.45. The summed E-state index contributed by atoms with van der Waals surface area (Å²) < 4.78 is 10.1. The van der Waals surface area contributed by atoms with E-state index in [2.05, 4.69) is 4.74 Å². The van der Waals surface area contributed by atoms with E-state index in [1.165, 1.54) is 7.11 Å². The largest absolute Gasteiger partial charge is 0.466 e. The highest BCUT2D eigenvalue weighted by molar-refractivity contribution is 5.92. The molecule has 0 aromatic carbocycles. The zero-order valence-electron chi connectivity index (χ0n) is 7.03. The molecule has 64 valence electrons. The van der Waals surface area contributed by atoms with E-state index in [-0.39, 0.29) is 18.2 Å². The third kappa shape index (κ3) is 0.830. The van der Waals surface area contributed by atoms with Crippen LogP contribution in [0, 0.1) is 0 Å².